The molecule has 0 aliphatic rings. The second-order valence-corrected chi connectivity index (χ2v) is 7.92. The van der Waals surface area contributed by atoms with Crippen molar-refractivity contribution in [3.63, 3.8) is 0 Å². The van der Waals surface area contributed by atoms with Gasteiger partial charge in [0, 0.05) is 8.80 Å². The zero-order valence-corrected chi connectivity index (χ0v) is 9.46. The fraction of sp³-hybridized carbons (Fsp3) is 0.778. The number of aliphatic hydroxyl groups is 1. The maximum atomic E-state index is 7.64. The summed E-state index contributed by atoms with van der Waals surface area (Å²) in [5, 5.41) is 8.28. The van der Waals surface area contributed by atoms with Gasteiger partial charge in [0.2, 0.25) is 0 Å². The van der Waals surface area contributed by atoms with Crippen LogP contribution in [-0.4, -0.2) is 20.5 Å². The van der Waals surface area contributed by atoms with Crippen LogP contribution in [0.4, 0.5) is 0 Å². The molecule has 1 N–H and O–H groups in total. The average Bonchev–Trinajstić information content (AvgIpc) is 1.87. The van der Waals surface area contributed by atoms with E-state index in [1.165, 1.54) is 0 Å². The van der Waals surface area contributed by atoms with E-state index in [0.29, 0.717) is 5.04 Å². The van der Waals surface area contributed by atoms with Crippen LogP contribution in [0.1, 0.15) is 20.8 Å². The van der Waals surface area contributed by atoms with Gasteiger partial charge in [-0.05, 0) is 5.04 Å². The molecule has 0 radical (unpaired) electrons. The molecule has 0 atom stereocenters. The molecule has 2 heteroatoms. The van der Waals surface area contributed by atoms with Gasteiger partial charge in [-0.2, -0.15) is 0 Å². The van der Waals surface area contributed by atoms with Crippen molar-refractivity contribution in [1.29, 1.82) is 0 Å². The van der Waals surface area contributed by atoms with E-state index in [1.807, 2.05) is 5.92 Å². The molecule has 0 unspecified atom stereocenters. The van der Waals surface area contributed by atoms with Gasteiger partial charge in [-0.1, -0.05) is 39.8 Å². The topological polar surface area (TPSA) is 20.2 Å². The molecule has 66 valence electrons. The van der Waals surface area contributed by atoms with Crippen LogP contribution in [0.2, 0.25) is 18.1 Å². The van der Waals surface area contributed by atoms with E-state index >= 15 is 0 Å². The van der Waals surface area contributed by atoms with Crippen LogP contribution in [0, 0.1) is 12.3 Å². The van der Waals surface area contributed by atoms with Crippen molar-refractivity contribution in [2.24, 2.45) is 0 Å². The lowest BCUT2D eigenvalue weighted by atomic mass is 10.2. The third-order valence-corrected chi connectivity index (χ3v) is 5.29. The first-order valence-electron chi connectivity index (χ1n) is 3.90. The Kier molecular flexibility index (Phi) is 7.82. The summed E-state index contributed by atoms with van der Waals surface area (Å²) in [5.74, 6) is 1.99. The number of terminal acetylenes is 1. The second kappa shape index (κ2) is 6.45. The summed E-state index contributed by atoms with van der Waals surface area (Å²) in [6.45, 7) is 11.6. The summed E-state index contributed by atoms with van der Waals surface area (Å²) in [4.78, 5) is 0. The van der Waals surface area contributed by atoms with E-state index in [0.717, 1.165) is 0 Å². The molecule has 0 aliphatic heterocycles. The maximum Gasteiger partial charge on any atom is 0.103 e. The molecule has 1 nitrogen and oxygen atoms in total. The Morgan fingerprint density at radius 1 is 1.36 bits per heavy atom. The highest BCUT2D eigenvalue weighted by Gasteiger charge is 2.15. The van der Waals surface area contributed by atoms with Gasteiger partial charge in [0.15, 0.2) is 0 Å². The Labute approximate surface area is 72.4 Å². The van der Waals surface area contributed by atoms with Crippen molar-refractivity contribution in [1.82, 2.24) is 0 Å². The van der Waals surface area contributed by atoms with Crippen LogP contribution in [0.3, 0.4) is 0 Å². The molecule has 11 heavy (non-hydrogen) atoms. The largest absolute Gasteiger partial charge is 0.384 e. The van der Waals surface area contributed by atoms with E-state index in [-0.39, 0.29) is 15.4 Å². The highest BCUT2D eigenvalue weighted by atomic mass is 28.3. The molecule has 0 aromatic carbocycles. The van der Waals surface area contributed by atoms with E-state index in [9.17, 15) is 0 Å². The number of hydrogen-bond donors (Lipinski definition) is 1. The van der Waals surface area contributed by atoms with Crippen molar-refractivity contribution in [3.8, 4) is 12.3 Å². The lowest BCUT2D eigenvalue weighted by Gasteiger charge is -2.21. The van der Waals surface area contributed by atoms with Crippen LogP contribution in [-0.2, 0) is 0 Å². The maximum absolute atomic E-state index is 7.64. The van der Waals surface area contributed by atoms with Gasteiger partial charge in [-0.25, -0.2) is 0 Å². The van der Waals surface area contributed by atoms with Gasteiger partial charge >= 0.3 is 0 Å². The monoisotopic (exact) mass is 172 g/mol. The Morgan fingerprint density at radius 3 is 1.55 bits per heavy atom. The zero-order valence-electron chi connectivity index (χ0n) is 8.31. The summed E-state index contributed by atoms with van der Waals surface area (Å²) in [5.41, 5.74) is 0. The van der Waals surface area contributed by atoms with E-state index < -0.39 is 0 Å². The average molecular weight is 172 g/mol. The molecule has 0 aliphatic carbocycles. The Balaban J connectivity index is 0. The van der Waals surface area contributed by atoms with E-state index in [2.05, 4.69) is 40.3 Å². The molecule has 0 bridgehead atoms. The zero-order chi connectivity index (χ0) is 9.49. The normalized spacial score (nSPS) is 10.0. The molecule has 0 spiro atoms. The summed E-state index contributed by atoms with van der Waals surface area (Å²) < 4.78 is 0. The molecule has 0 fully saturated rings. The minimum absolute atomic E-state index is 0.153. The smallest absolute Gasteiger partial charge is 0.103 e. The Bertz CT molecular complexity index is 117. The molecule has 0 aromatic rings. The first-order chi connectivity index (χ1) is 4.86. The molecule has 0 rings (SSSR count). The van der Waals surface area contributed by atoms with Crippen molar-refractivity contribution >= 4 is 8.80 Å². The van der Waals surface area contributed by atoms with Crippen molar-refractivity contribution in [2.75, 3.05) is 6.61 Å². The van der Waals surface area contributed by atoms with Crippen LogP contribution >= 0.6 is 0 Å². The quantitative estimate of drug-likeness (QED) is 0.437. The summed E-state index contributed by atoms with van der Waals surface area (Å²) in [6, 6.07) is 0. The highest BCUT2D eigenvalue weighted by molar-refractivity contribution is 6.59. The lowest BCUT2D eigenvalue weighted by molar-refractivity contribution is 0.351. The highest BCUT2D eigenvalue weighted by Crippen LogP contribution is 2.25. The second-order valence-electron chi connectivity index (χ2n) is 3.88. The van der Waals surface area contributed by atoms with Gasteiger partial charge in [0.25, 0.3) is 0 Å². The van der Waals surface area contributed by atoms with Crippen LogP contribution in [0.5, 0.6) is 0 Å². The Morgan fingerprint density at radius 2 is 1.55 bits per heavy atom. The van der Waals surface area contributed by atoms with Crippen molar-refractivity contribution in [3.05, 3.63) is 0 Å². The number of aliphatic hydroxyl groups excluding tert-OH is 1. The predicted molar refractivity (Wildman–Crippen MR) is 54.5 cm³/mol. The number of rotatable bonds is 0. The SMILES string of the molecule is C#CCO.C[SiH](C)C(C)(C)C. The molecule has 0 saturated heterocycles. The lowest BCUT2D eigenvalue weighted by Crippen LogP contribution is -2.16. The predicted octanol–water partition coefficient (Wildman–Crippen LogP) is 1.89. The molecule has 0 heterocycles. The van der Waals surface area contributed by atoms with Crippen LogP contribution in [0.25, 0.3) is 0 Å². The van der Waals surface area contributed by atoms with Crippen molar-refractivity contribution in [2.45, 2.75) is 38.9 Å². The first-order valence-corrected chi connectivity index (χ1v) is 6.79. The summed E-state index contributed by atoms with van der Waals surface area (Å²) in [6.07, 6.45) is 4.53. The molecule has 0 amide bonds. The third-order valence-electron chi connectivity index (χ3n) is 1.82. The summed E-state index contributed by atoms with van der Waals surface area (Å²) in [7, 11) is -0.359. The minimum atomic E-state index is -0.359. The number of hydrogen-bond acceptors (Lipinski definition) is 1. The molecule has 0 aromatic heterocycles. The molecular formula is C9H20OSi. The van der Waals surface area contributed by atoms with Gasteiger partial charge in [0.1, 0.15) is 6.61 Å². The first kappa shape index (κ1) is 13.3. The standard InChI is InChI=1S/C6H16Si.C3H4O/c1-6(2,3)7(4)5;1-2-3-4/h7H,1-5H3;1,4H,3H2. The van der Waals surface area contributed by atoms with E-state index in [4.69, 9.17) is 5.11 Å². The van der Waals surface area contributed by atoms with Crippen LogP contribution in [0.15, 0.2) is 0 Å². The van der Waals surface area contributed by atoms with Crippen molar-refractivity contribution < 1.29 is 5.11 Å². The Hall–Kier alpha value is -0.263. The minimum Gasteiger partial charge on any atom is -0.384 e. The van der Waals surface area contributed by atoms with Gasteiger partial charge < -0.3 is 5.11 Å². The fourth-order valence-corrected chi connectivity index (χ4v) is 0. The third kappa shape index (κ3) is 12.8. The summed E-state index contributed by atoms with van der Waals surface area (Å²) >= 11 is 0. The van der Waals surface area contributed by atoms with Gasteiger partial charge in [-0.3, -0.25) is 0 Å². The molecular weight excluding hydrogens is 152 g/mol. The van der Waals surface area contributed by atoms with Crippen LogP contribution < -0.4 is 0 Å². The van der Waals surface area contributed by atoms with Gasteiger partial charge in [-0.15, -0.1) is 6.42 Å². The van der Waals surface area contributed by atoms with Gasteiger partial charge in [0.05, 0.1) is 0 Å². The molecule has 0 saturated carbocycles. The fourth-order valence-electron chi connectivity index (χ4n) is 0. The van der Waals surface area contributed by atoms with E-state index in [1.54, 1.807) is 0 Å².